The molecule has 0 aliphatic rings. The molecule has 0 aliphatic heterocycles. The van der Waals surface area contributed by atoms with Gasteiger partial charge in [0, 0.05) is 9.79 Å². The number of aromatic carboxylic acids is 1. The van der Waals surface area contributed by atoms with Gasteiger partial charge >= 0.3 is 5.97 Å². The van der Waals surface area contributed by atoms with Crippen molar-refractivity contribution in [2.75, 3.05) is 5.43 Å². The number of hydrazone groups is 1. The second-order valence-electron chi connectivity index (χ2n) is 4.23. The van der Waals surface area contributed by atoms with Crippen LogP contribution in [0.2, 0.25) is 0 Å². The van der Waals surface area contributed by atoms with Crippen molar-refractivity contribution in [3.05, 3.63) is 54.1 Å². The van der Waals surface area contributed by atoms with E-state index in [-0.39, 0.29) is 11.3 Å². The van der Waals surface area contributed by atoms with Gasteiger partial charge in [-0.3, -0.25) is 5.43 Å². The van der Waals surface area contributed by atoms with E-state index < -0.39 is 5.97 Å². The van der Waals surface area contributed by atoms with Crippen molar-refractivity contribution in [3.8, 4) is 12.1 Å². The number of nitrogens with one attached hydrogen (secondary N) is 1. The average molecular weight is 322 g/mol. The first-order valence-electron chi connectivity index (χ1n) is 6.38. The Morgan fingerprint density at radius 1 is 1.13 bits per heavy atom. The molecule has 0 amide bonds. The van der Waals surface area contributed by atoms with Gasteiger partial charge < -0.3 is 5.11 Å². The molecular weight excluding hydrogens is 312 g/mol. The third kappa shape index (κ3) is 4.34. The van der Waals surface area contributed by atoms with E-state index in [0.29, 0.717) is 10.6 Å². The van der Waals surface area contributed by atoms with Crippen LogP contribution in [-0.2, 0) is 0 Å². The molecule has 0 bridgehead atoms. The lowest BCUT2D eigenvalue weighted by atomic mass is 10.2. The molecule has 0 saturated heterocycles. The van der Waals surface area contributed by atoms with Gasteiger partial charge in [-0.15, -0.1) is 0 Å². The number of nitrogens with zero attached hydrogens (tertiary/aromatic N) is 3. The summed E-state index contributed by atoms with van der Waals surface area (Å²) in [6.07, 6.45) is 0. The molecule has 0 aliphatic carbocycles. The number of carbonyl (C=O) groups is 1. The van der Waals surface area contributed by atoms with Crippen LogP contribution in [0.4, 0.5) is 5.69 Å². The Hall–Kier alpha value is -3.29. The molecule has 2 N–H and O–H groups in total. The summed E-state index contributed by atoms with van der Waals surface area (Å²) >= 11 is 1.34. The summed E-state index contributed by atoms with van der Waals surface area (Å²) in [4.78, 5) is 12.9. The Morgan fingerprint density at radius 3 is 2.43 bits per heavy atom. The molecule has 6 nitrogen and oxygen atoms in total. The number of anilines is 1. The Kier molecular flexibility index (Phi) is 5.35. The summed E-state index contributed by atoms with van der Waals surface area (Å²) in [5.41, 5.74) is 2.64. The lowest BCUT2D eigenvalue weighted by molar-refractivity contribution is 0.0693. The first kappa shape index (κ1) is 16.1. The van der Waals surface area contributed by atoms with Crippen molar-refractivity contribution in [2.45, 2.75) is 9.79 Å². The summed E-state index contributed by atoms with van der Waals surface area (Å²) in [6.45, 7) is 0. The highest BCUT2D eigenvalue weighted by atomic mass is 32.2. The van der Waals surface area contributed by atoms with Gasteiger partial charge in [0.1, 0.15) is 12.1 Å². The first-order valence-corrected chi connectivity index (χ1v) is 7.20. The van der Waals surface area contributed by atoms with Gasteiger partial charge in [0.05, 0.1) is 11.3 Å². The molecule has 0 atom stereocenters. The number of rotatable bonds is 5. The van der Waals surface area contributed by atoms with Gasteiger partial charge in [0.25, 0.3) is 0 Å². The molecule has 0 unspecified atom stereocenters. The topological polar surface area (TPSA) is 109 Å². The van der Waals surface area contributed by atoms with E-state index in [9.17, 15) is 9.90 Å². The van der Waals surface area contributed by atoms with Crippen molar-refractivity contribution < 1.29 is 9.90 Å². The second-order valence-corrected chi connectivity index (χ2v) is 5.34. The average Bonchev–Trinajstić information content (AvgIpc) is 2.57. The number of carboxylic acid groups (broad SMARTS) is 1. The molecule has 0 aromatic heterocycles. The zero-order chi connectivity index (χ0) is 16.7. The van der Waals surface area contributed by atoms with Crippen molar-refractivity contribution in [1.29, 1.82) is 10.5 Å². The van der Waals surface area contributed by atoms with Crippen LogP contribution in [0.15, 0.2) is 63.4 Å². The number of carboxylic acids is 1. The summed E-state index contributed by atoms with van der Waals surface area (Å²) < 4.78 is 0. The molecule has 0 heterocycles. The SMILES string of the molecule is N#CC(C#N)=NNc1ccc(Sc2ccccc2)c(C(=O)O)c1. The second kappa shape index (κ2) is 7.64. The highest BCUT2D eigenvalue weighted by Crippen LogP contribution is 2.32. The maximum Gasteiger partial charge on any atom is 0.336 e. The highest BCUT2D eigenvalue weighted by Gasteiger charge is 2.12. The van der Waals surface area contributed by atoms with E-state index in [2.05, 4.69) is 10.5 Å². The zero-order valence-electron chi connectivity index (χ0n) is 11.7. The normalized spacial score (nSPS) is 9.30. The Morgan fingerprint density at radius 2 is 1.83 bits per heavy atom. The van der Waals surface area contributed by atoms with Gasteiger partial charge in [0.2, 0.25) is 5.71 Å². The molecule has 0 radical (unpaired) electrons. The lowest BCUT2D eigenvalue weighted by Gasteiger charge is -2.08. The zero-order valence-corrected chi connectivity index (χ0v) is 12.5. The smallest absolute Gasteiger partial charge is 0.336 e. The van der Waals surface area contributed by atoms with Crippen molar-refractivity contribution >= 4 is 29.1 Å². The Bertz CT molecular complexity index is 819. The number of benzene rings is 2. The summed E-state index contributed by atoms with van der Waals surface area (Å²) in [5.74, 6) is -1.07. The monoisotopic (exact) mass is 322 g/mol. The number of hydrogen-bond acceptors (Lipinski definition) is 6. The molecule has 112 valence electrons. The molecule has 0 saturated carbocycles. The Balaban J connectivity index is 2.29. The summed E-state index contributed by atoms with van der Waals surface area (Å²) in [5, 5.41) is 30.2. The largest absolute Gasteiger partial charge is 0.478 e. The van der Waals surface area contributed by atoms with Crippen LogP contribution in [0.5, 0.6) is 0 Å². The third-order valence-electron chi connectivity index (χ3n) is 2.69. The summed E-state index contributed by atoms with van der Waals surface area (Å²) in [6, 6.07) is 17.3. The van der Waals surface area contributed by atoms with E-state index in [4.69, 9.17) is 10.5 Å². The van der Waals surface area contributed by atoms with Gasteiger partial charge in [-0.05, 0) is 30.3 Å². The maximum atomic E-state index is 11.4. The standard InChI is InChI=1S/C16H10N4O2S/c17-9-12(10-18)20-19-11-6-7-15(14(8-11)16(21)22)23-13-4-2-1-3-5-13/h1-8,19H,(H,21,22). The predicted octanol–water partition coefficient (Wildman–Crippen LogP) is 3.35. The molecular formula is C16H10N4O2S. The van der Waals surface area contributed by atoms with Crippen molar-refractivity contribution in [2.24, 2.45) is 5.10 Å². The van der Waals surface area contributed by atoms with E-state index in [0.717, 1.165) is 4.90 Å². The van der Waals surface area contributed by atoms with Crippen LogP contribution in [0.3, 0.4) is 0 Å². The highest BCUT2D eigenvalue weighted by molar-refractivity contribution is 7.99. The van der Waals surface area contributed by atoms with Crippen LogP contribution in [-0.4, -0.2) is 16.8 Å². The molecule has 2 aromatic carbocycles. The maximum absolute atomic E-state index is 11.4. The van der Waals surface area contributed by atoms with E-state index in [1.807, 2.05) is 30.3 Å². The number of hydrogen-bond donors (Lipinski definition) is 2. The first-order chi connectivity index (χ1) is 11.1. The molecule has 2 aromatic rings. The fourth-order valence-corrected chi connectivity index (χ4v) is 2.61. The van der Waals surface area contributed by atoms with Crippen molar-refractivity contribution in [1.82, 2.24) is 0 Å². The van der Waals surface area contributed by atoms with E-state index in [1.54, 1.807) is 24.3 Å². The molecule has 0 fully saturated rings. The van der Waals surface area contributed by atoms with Crippen LogP contribution in [0, 0.1) is 22.7 Å². The third-order valence-corrected chi connectivity index (χ3v) is 3.77. The molecule has 0 spiro atoms. The molecule has 23 heavy (non-hydrogen) atoms. The van der Waals surface area contributed by atoms with Crippen LogP contribution in [0.1, 0.15) is 10.4 Å². The minimum absolute atomic E-state index is 0.106. The van der Waals surface area contributed by atoms with Crippen LogP contribution < -0.4 is 5.43 Å². The van der Waals surface area contributed by atoms with Crippen molar-refractivity contribution in [3.63, 3.8) is 0 Å². The molecule has 2 rings (SSSR count). The summed E-state index contributed by atoms with van der Waals surface area (Å²) in [7, 11) is 0. The van der Waals surface area contributed by atoms with Gasteiger partial charge in [-0.25, -0.2) is 4.79 Å². The van der Waals surface area contributed by atoms with Gasteiger partial charge in [0.15, 0.2) is 0 Å². The van der Waals surface area contributed by atoms with Crippen LogP contribution >= 0.6 is 11.8 Å². The predicted molar refractivity (Wildman–Crippen MR) is 86.3 cm³/mol. The van der Waals surface area contributed by atoms with E-state index in [1.165, 1.54) is 17.8 Å². The van der Waals surface area contributed by atoms with Gasteiger partial charge in [-0.1, -0.05) is 30.0 Å². The van der Waals surface area contributed by atoms with Gasteiger partial charge in [-0.2, -0.15) is 15.6 Å². The lowest BCUT2D eigenvalue weighted by Crippen LogP contribution is -2.02. The fraction of sp³-hybridized carbons (Fsp3) is 0. The van der Waals surface area contributed by atoms with E-state index >= 15 is 0 Å². The Labute approximate surface area is 136 Å². The van der Waals surface area contributed by atoms with Crippen LogP contribution in [0.25, 0.3) is 0 Å². The fourth-order valence-electron chi connectivity index (χ4n) is 1.67. The quantitative estimate of drug-likeness (QED) is 0.645. The minimum atomic E-state index is -1.07. The molecule has 7 heteroatoms. The minimum Gasteiger partial charge on any atom is -0.478 e. The number of nitriles is 2.